The van der Waals surface area contributed by atoms with Crippen LogP contribution in [0.4, 0.5) is 10.5 Å². The molecule has 0 aliphatic carbocycles. The van der Waals surface area contributed by atoms with Crippen LogP contribution < -0.4 is 4.90 Å². The summed E-state index contributed by atoms with van der Waals surface area (Å²) in [7, 11) is 0. The van der Waals surface area contributed by atoms with Gasteiger partial charge < -0.3 is 14.5 Å². The van der Waals surface area contributed by atoms with Gasteiger partial charge in [-0.3, -0.25) is 4.79 Å². The predicted octanol–water partition coefficient (Wildman–Crippen LogP) is 3.30. The Morgan fingerprint density at radius 1 is 1.10 bits per heavy atom. The van der Waals surface area contributed by atoms with Gasteiger partial charge in [-0.25, -0.2) is 9.69 Å². The van der Waals surface area contributed by atoms with Crippen molar-refractivity contribution in [3.05, 3.63) is 29.8 Å². The third-order valence-corrected chi connectivity index (χ3v) is 6.97. The molecule has 0 radical (unpaired) electrons. The molecule has 1 aromatic carbocycles. The zero-order valence-corrected chi connectivity index (χ0v) is 17.7. The average Bonchev–Trinajstić information content (AvgIpc) is 2.96. The van der Waals surface area contributed by atoms with Gasteiger partial charge in [-0.2, -0.15) is 0 Å². The van der Waals surface area contributed by atoms with Crippen molar-refractivity contribution in [2.45, 2.75) is 51.5 Å². The largest absolute Gasteiger partial charge is 0.381 e. The first kappa shape index (κ1) is 20.4. The number of ether oxygens (including phenoxy) is 1. The van der Waals surface area contributed by atoms with Gasteiger partial charge in [-0.1, -0.05) is 19.1 Å². The lowest BCUT2D eigenvalue weighted by Crippen LogP contribution is -2.57. The summed E-state index contributed by atoms with van der Waals surface area (Å²) in [6, 6.07) is 7.66. The molecule has 1 spiro atoms. The lowest BCUT2D eigenvalue weighted by atomic mass is 9.85. The number of hydrogen-bond acceptors (Lipinski definition) is 4. The van der Waals surface area contributed by atoms with Gasteiger partial charge >= 0.3 is 6.03 Å². The van der Waals surface area contributed by atoms with Crippen molar-refractivity contribution < 1.29 is 14.3 Å². The van der Waals surface area contributed by atoms with E-state index in [0.29, 0.717) is 18.2 Å². The lowest BCUT2D eigenvalue weighted by molar-refractivity contribution is -0.127. The zero-order chi connectivity index (χ0) is 20.4. The number of nitrogens with zero attached hydrogens (tertiary/aromatic N) is 3. The van der Waals surface area contributed by atoms with Gasteiger partial charge in [0.05, 0.1) is 5.69 Å². The Morgan fingerprint density at radius 3 is 2.48 bits per heavy atom. The van der Waals surface area contributed by atoms with Crippen molar-refractivity contribution in [3.8, 4) is 0 Å². The van der Waals surface area contributed by atoms with Crippen LogP contribution >= 0.6 is 0 Å². The molecule has 158 valence electrons. The minimum absolute atomic E-state index is 0.0386. The van der Waals surface area contributed by atoms with Gasteiger partial charge in [0.15, 0.2) is 0 Å². The first-order valence-corrected chi connectivity index (χ1v) is 11.1. The maximum absolute atomic E-state index is 13.6. The van der Waals surface area contributed by atoms with E-state index in [1.54, 1.807) is 0 Å². The van der Waals surface area contributed by atoms with Crippen LogP contribution in [0.3, 0.4) is 0 Å². The highest BCUT2D eigenvalue weighted by atomic mass is 16.5. The summed E-state index contributed by atoms with van der Waals surface area (Å²) in [5.74, 6) is 0.651. The second-order valence-corrected chi connectivity index (χ2v) is 8.58. The molecule has 4 rings (SSSR count). The first-order chi connectivity index (χ1) is 14.1. The fraction of sp³-hybridized carbons (Fsp3) is 0.652. The number of imide groups is 1. The van der Waals surface area contributed by atoms with Crippen LogP contribution in [0.15, 0.2) is 24.3 Å². The van der Waals surface area contributed by atoms with Gasteiger partial charge in [0, 0.05) is 39.4 Å². The third kappa shape index (κ3) is 3.68. The van der Waals surface area contributed by atoms with E-state index in [-0.39, 0.29) is 11.9 Å². The number of aryl methyl sites for hydroxylation is 1. The number of carbonyl (C=O) groups excluding carboxylic acids is 2. The van der Waals surface area contributed by atoms with Crippen LogP contribution in [0.2, 0.25) is 0 Å². The molecule has 6 nitrogen and oxygen atoms in total. The molecule has 3 heterocycles. The Hall–Kier alpha value is -1.92. The second kappa shape index (κ2) is 8.44. The topological polar surface area (TPSA) is 53.1 Å². The SMILES string of the molecule is CCc1cccc(N2C(=O)N(CC)C3(CCN(CC4CCOCC4)CC3)C2=O)c1. The van der Waals surface area contributed by atoms with E-state index >= 15 is 0 Å². The van der Waals surface area contributed by atoms with E-state index in [1.165, 1.54) is 4.90 Å². The summed E-state index contributed by atoms with van der Waals surface area (Å²) in [5, 5.41) is 0. The van der Waals surface area contributed by atoms with Gasteiger partial charge in [-0.15, -0.1) is 0 Å². The molecule has 3 amide bonds. The zero-order valence-electron chi connectivity index (χ0n) is 17.7. The van der Waals surface area contributed by atoms with Crippen LogP contribution in [-0.4, -0.2) is 66.7 Å². The summed E-state index contributed by atoms with van der Waals surface area (Å²) < 4.78 is 5.48. The number of rotatable bonds is 5. The minimum Gasteiger partial charge on any atom is -0.381 e. The average molecular weight is 400 g/mol. The fourth-order valence-electron chi connectivity index (χ4n) is 5.18. The van der Waals surface area contributed by atoms with Crippen molar-refractivity contribution in [1.29, 1.82) is 0 Å². The van der Waals surface area contributed by atoms with Crippen LogP contribution in [-0.2, 0) is 16.0 Å². The Morgan fingerprint density at radius 2 is 1.83 bits per heavy atom. The van der Waals surface area contributed by atoms with Crippen molar-refractivity contribution in [1.82, 2.24) is 9.80 Å². The highest BCUT2D eigenvalue weighted by Crippen LogP contribution is 2.39. The molecule has 0 bridgehead atoms. The predicted molar refractivity (Wildman–Crippen MR) is 113 cm³/mol. The van der Waals surface area contributed by atoms with Crippen LogP contribution in [0.5, 0.6) is 0 Å². The highest BCUT2D eigenvalue weighted by Gasteiger charge is 2.57. The van der Waals surface area contributed by atoms with E-state index in [4.69, 9.17) is 4.74 Å². The summed E-state index contributed by atoms with van der Waals surface area (Å²) in [4.78, 5) is 32.5. The lowest BCUT2D eigenvalue weighted by Gasteiger charge is -2.43. The fourth-order valence-corrected chi connectivity index (χ4v) is 5.18. The van der Waals surface area contributed by atoms with Crippen LogP contribution in [0.25, 0.3) is 0 Å². The second-order valence-electron chi connectivity index (χ2n) is 8.58. The monoisotopic (exact) mass is 399 g/mol. The maximum atomic E-state index is 13.6. The maximum Gasteiger partial charge on any atom is 0.332 e. The molecule has 0 aromatic heterocycles. The van der Waals surface area contributed by atoms with E-state index in [2.05, 4.69) is 11.8 Å². The van der Waals surface area contributed by atoms with E-state index in [9.17, 15) is 9.59 Å². The van der Waals surface area contributed by atoms with Crippen molar-refractivity contribution in [2.24, 2.45) is 5.92 Å². The molecule has 29 heavy (non-hydrogen) atoms. The van der Waals surface area contributed by atoms with E-state index in [0.717, 1.165) is 70.5 Å². The number of likely N-dealkylation sites (N-methyl/N-ethyl adjacent to an activating group) is 1. The molecule has 6 heteroatoms. The van der Waals surface area contributed by atoms with Crippen LogP contribution in [0.1, 0.15) is 45.1 Å². The molecule has 0 atom stereocenters. The number of anilines is 1. The Kier molecular flexibility index (Phi) is 5.93. The molecule has 3 aliphatic heterocycles. The molecular weight excluding hydrogens is 366 g/mol. The van der Waals surface area contributed by atoms with Gasteiger partial charge in [0.2, 0.25) is 0 Å². The molecule has 0 saturated carbocycles. The summed E-state index contributed by atoms with van der Waals surface area (Å²) in [6.45, 7) is 9.18. The number of urea groups is 1. The molecule has 0 N–H and O–H groups in total. The molecule has 3 aliphatic rings. The smallest absolute Gasteiger partial charge is 0.332 e. The number of piperidine rings is 1. The standard InChI is InChI=1S/C23H33N3O3/c1-3-18-6-5-7-20(16-18)26-21(27)23(25(4-2)22(26)28)10-12-24(13-11-23)17-19-8-14-29-15-9-19/h5-7,16,19H,3-4,8-15,17H2,1-2H3. The number of carbonyl (C=O) groups is 2. The van der Waals surface area contributed by atoms with Gasteiger partial charge in [0.1, 0.15) is 5.54 Å². The normalized spacial score (nSPS) is 23.4. The third-order valence-electron chi connectivity index (χ3n) is 6.97. The van der Waals surface area contributed by atoms with Crippen molar-refractivity contribution in [2.75, 3.05) is 44.3 Å². The number of benzene rings is 1. The minimum atomic E-state index is -0.680. The first-order valence-electron chi connectivity index (χ1n) is 11.1. The molecule has 0 unspecified atom stereocenters. The quantitative estimate of drug-likeness (QED) is 0.713. The van der Waals surface area contributed by atoms with E-state index < -0.39 is 5.54 Å². The molecular formula is C23H33N3O3. The van der Waals surface area contributed by atoms with Gasteiger partial charge in [-0.05, 0) is 62.6 Å². The van der Waals surface area contributed by atoms with Crippen LogP contribution in [0, 0.1) is 5.92 Å². The van der Waals surface area contributed by atoms with Crippen molar-refractivity contribution in [3.63, 3.8) is 0 Å². The van der Waals surface area contributed by atoms with Crippen molar-refractivity contribution >= 4 is 17.6 Å². The highest BCUT2D eigenvalue weighted by molar-refractivity contribution is 6.23. The molecule has 1 aromatic rings. The Bertz CT molecular complexity index is 751. The summed E-state index contributed by atoms with van der Waals surface area (Å²) in [6.07, 6.45) is 4.58. The number of likely N-dealkylation sites (tertiary alicyclic amines) is 1. The summed E-state index contributed by atoms with van der Waals surface area (Å²) in [5.41, 5.74) is 1.16. The molecule has 3 saturated heterocycles. The Balaban J connectivity index is 1.50. The Labute approximate surface area is 173 Å². The van der Waals surface area contributed by atoms with E-state index in [1.807, 2.05) is 36.1 Å². The number of amides is 3. The molecule has 3 fully saturated rings. The summed E-state index contributed by atoms with van der Waals surface area (Å²) >= 11 is 0. The number of hydrogen-bond donors (Lipinski definition) is 0. The van der Waals surface area contributed by atoms with Gasteiger partial charge in [0.25, 0.3) is 5.91 Å².